The molecule has 1 radical (unpaired) electrons. The number of aromatic nitrogens is 2. The fourth-order valence-electron chi connectivity index (χ4n) is 1.55. The number of hydrogen-bond acceptors (Lipinski definition) is 1. The molecule has 5 heteroatoms. The Balaban J connectivity index is 2.25. The van der Waals surface area contributed by atoms with Crippen molar-refractivity contribution in [2.75, 3.05) is 0 Å². The maximum Gasteiger partial charge on any atom is 0.433 e. The highest BCUT2D eigenvalue weighted by Crippen LogP contribution is 2.30. The van der Waals surface area contributed by atoms with Crippen LogP contribution in [0.5, 0.6) is 0 Å². The molecule has 0 saturated carbocycles. The fourth-order valence-corrected chi connectivity index (χ4v) is 1.55. The van der Waals surface area contributed by atoms with Gasteiger partial charge in [-0.3, -0.25) is 5.10 Å². The van der Waals surface area contributed by atoms with Crippen LogP contribution < -0.4 is 0 Å². The first-order valence-corrected chi connectivity index (χ1v) is 5.04. The maximum atomic E-state index is 12.6. The SMILES string of the molecule is Cc1ccc(Cc2[c]n[nH]c2C(F)(F)F)cc1. The van der Waals surface area contributed by atoms with E-state index in [0.717, 1.165) is 11.1 Å². The fraction of sp³-hybridized carbons (Fsp3) is 0.250. The number of halogens is 3. The number of aryl methyl sites for hydroxylation is 1. The highest BCUT2D eigenvalue weighted by molar-refractivity contribution is 5.29. The first kappa shape index (κ1) is 11.7. The van der Waals surface area contributed by atoms with Gasteiger partial charge in [0.05, 0.1) is 0 Å². The molecule has 0 amide bonds. The summed E-state index contributed by atoms with van der Waals surface area (Å²) in [6, 6.07) is 7.33. The van der Waals surface area contributed by atoms with Gasteiger partial charge in [-0.1, -0.05) is 29.8 Å². The second-order valence-electron chi connectivity index (χ2n) is 3.85. The van der Waals surface area contributed by atoms with Crippen LogP contribution in [0.1, 0.15) is 22.4 Å². The van der Waals surface area contributed by atoms with Crippen LogP contribution in [0.25, 0.3) is 0 Å². The Morgan fingerprint density at radius 1 is 1.24 bits per heavy atom. The van der Waals surface area contributed by atoms with Gasteiger partial charge in [-0.25, -0.2) is 0 Å². The molecule has 2 nitrogen and oxygen atoms in total. The molecule has 17 heavy (non-hydrogen) atoms. The number of aromatic amines is 1. The molecule has 1 heterocycles. The minimum Gasteiger partial charge on any atom is -0.273 e. The molecular weight excluding hydrogens is 229 g/mol. The number of nitrogens with one attached hydrogen (secondary N) is 1. The number of benzene rings is 1. The van der Waals surface area contributed by atoms with E-state index in [1.165, 1.54) is 0 Å². The normalized spacial score (nSPS) is 11.8. The van der Waals surface area contributed by atoms with Crippen molar-refractivity contribution in [3.8, 4) is 0 Å². The predicted octanol–water partition coefficient (Wildman–Crippen LogP) is 3.13. The number of nitrogens with zero attached hydrogens (tertiary/aromatic N) is 1. The molecule has 1 aromatic heterocycles. The smallest absolute Gasteiger partial charge is 0.273 e. The number of rotatable bonds is 2. The monoisotopic (exact) mass is 239 g/mol. The molecular formula is C12H10F3N2. The third-order valence-corrected chi connectivity index (χ3v) is 2.45. The molecule has 89 valence electrons. The van der Waals surface area contributed by atoms with Gasteiger partial charge in [0, 0.05) is 12.0 Å². The molecule has 0 unspecified atom stereocenters. The van der Waals surface area contributed by atoms with Crippen molar-refractivity contribution < 1.29 is 13.2 Å². The summed E-state index contributed by atoms with van der Waals surface area (Å²) in [6.07, 6.45) is -1.89. The van der Waals surface area contributed by atoms with E-state index in [9.17, 15) is 13.2 Å². The Hall–Kier alpha value is -1.78. The lowest BCUT2D eigenvalue weighted by atomic mass is 10.0. The van der Waals surface area contributed by atoms with Crippen LogP contribution in [0.3, 0.4) is 0 Å². The second-order valence-corrected chi connectivity index (χ2v) is 3.85. The third kappa shape index (κ3) is 2.67. The lowest BCUT2D eigenvalue weighted by molar-refractivity contribution is -0.141. The van der Waals surface area contributed by atoms with Crippen molar-refractivity contribution >= 4 is 0 Å². The van der Waals surface area contributed by atoms with Crippen LogP contribution in [0.2, 0.25) is 0 Å². The van der Waals surface area contributed by atoms with E-state index in [1.807, 2.05) is 24.2 Å². The van der Waals surface area contributed by atoms with Gasteiger partial charge in [-0.05, 0) is 12.5 Å². The zero-order valence-corrected chi connectivity index (χ0v) is 9.10. The van der Waals surface area contributed by atoms with Crippen LogP contribution in [0, 0.1) is 13.1 Å². The molecule has 0 aliphatic rings. The highest BCUT2D eigenvalue weighted by atomic mass is 19.4. The minimum atomic E-state index is -4.41. The van der Waals surface area contributed by atoms with Gasteiger partial charge in [0.25, 0.3) is 0 Å². The molecule has 0 atom stereocenters. The molecule has 0 bridgehead atoms. The van der Waals surface area contributed by atoms with Gasteiger partial charge in [0.15, 0.2) is 0 Å². The van der Waals surface area contributed by atoms with Gasteiger partial charge in [0.1, 0.15) is 11.9 Å². The van der Waals surface area contributed by atoms with E-state index in [1.54, 1.807) is 12.1 Å². The zero-order valence-electron chi connectivity index (χ0n) is 9.10. The molecule has 1 aromatic carbocycles. The summed E-state index contributed by atoms with van der Waals surface area (Å²) in [5.41, 5.74) is 1.10. The van der Waals surface area contributed by atoms with Crippen molar-refractivity contribution in [3.63, 3.8) is 0 Å². The summed E-state index contributed by atoms with van der Waals surface area (Å²) >= 11 is 0. The predicted molar refractivity (Wildman–Crippen MR) is 56.4 cm³/mol. The molecule has 0 saturated heterocycles. The van der Waals surface area contributed by atoms with E-state index in [4.69, 9.17) is 0 Å². The quantitative estimate of drug-likeness (QED) is 0.856. The van der Waals surface area contributed by atoms with E-state index < -0.39 is 11.9 Å². The van der Waals surface area contributed by atoms with Gasteiger partial charge >= 0.3 is 6.18 Å². The zero-order chi connectivity index (χ0) is 12.5. The largest absolute Gasteiger partial charge is 0.433 e. The van der Waals surface area contributed by atoms with E-state index >= 15 is 0 Å². The average molecular weight is 239 g/mol. The Labute approximate surface area is 96.5 Å². The van der Waals surface area contributed by atoms with Crippen molar-refractivity contribution in [1.82, 2.24) is 10.2 Å². The summed E-state index contributed by atoms with van der Waals surface area (Å²) in [7, 11) is 0. The Bertz CT molecular complexity index is 497. The van der Waals surface area contributed by atoms with Crippen LogP contribution in [0.15, 0.2) is 24.3 Å². The van der Waals surface area contributed by atoms with Crippen LogP contribution in [0.4, 0.5) is 13.2 Å². The standard InChI is InChI=1S/C12H10F3N2/c1-8-2-4-9(5-3-8)6-10-7-16-17-11(10)12(13,14)15/h2-5H,6H2,1H3,(H,16,17). The molecule has 0 aliphatic carbocycles. The number of alkyl halides is 3. The van der Waals surface area contributed by atoms with Crippen LogP contribution >= 0.6 is 0 Å². The van der Waals surface area contributed by atoms with Crippen LogP contribution in [-0.4, -0.2) is 10.2 Å². The molecule has 1 N–H and O–H groups in total. The van der Waals surface area contributed by atoms with Crippen LogP contribution in [-0.2, 0) is 12.6 Å². The molecule has 0 aliphatic heterocycles. The van der Waals surface area contributed by atoms with Crippen molar-refractivity contribution in [2.45, 2.75) is 19.5 Å². The van der Waals surface area contributed by atoms with Gasteiger partial charge in [-0.2, -0.15) is 18.3 Å². The van der Waals surface area contributed by atoms with Crippen molar-refractivity contribution in [3.05, 3.63) is 52.8 Å². The summed E-state index contributed by atoms with van der Waals surface area (Å²) in [5.74, 6) is 0. The Morgan fingerprint density at radius 3 is 2.47 bits per heavy atom. The van der Waals surface area contributed by atoms with E-state index in [-0.39, 0.29) is 12.0 Å². The molecule has 2 aromatic rings. The number of H-pyrrole nitrogens is 1. The number of hydrogen-bond donors (Lipinski definition) is 1. The Kier molecular flexibility index (Phi) is 2.92. The summed E-state index contributed by atoms with van der Waals surface area (Å²) < 4.78 is 37.7. The first-order valence-electron chi connectivity index (χ1n) is 5.04. The van der Waals surface area contributed by atoms with Crippen molar-refractivity contribution in [2.24, 2.45) is 0 Å². The van der Waals surface area contributed by atoms with Gasteiger partial charge in [0.2, 0.25) is 0 Å². The highest BCUT2D eigenvalue weighted by Gasteiger charge is 2.35. The Morgan fingerprint density at radius 2 is 1.88 bits per heavy atom. The topological polar surface area (TPSA) is 28.7 Å². The van der Waals surface area contributed by atoms with E-state index in [0.29, 0.717) is 0 Å². The summed E-state index contributed by atoms with van der Waals surface area (Å²) in [4.78, 5) is 0. The molecule has 2 rings (SSSR count). The van der Waals surface area contributed by atoms with Crippen molar-refractivity contribution in [1.29, 1.82) is 0 Å². The lowest BCUT2D eigenvalue weighted by Crippen LogP contribution is -2.09. The second kappa shape index (κ2) is 4.24. The van der Waals surface area contributed by atoms with Gasteiger partial charge in [-0.15, -0.1) is 0 Å². The summed E-state index contributed by atoms with van der Waals surface area (Å²) in [6.45, 7) is 1.93. The third-order valence-electron chi connectivity index (χ3n) is 2.45. The molecule has 0 spiro atoms. The molecule has 0 fully saturated rings. The first-order chi connectivity index (χ1) is 7.97. The lowest BCUT2D eigenvalue weighted by Gasteiger charge is -2.06. The minimum absolute atomic E-state index is 0.0429. The average Bonchev–Trinajstić information content (AvgIpc) is 2.69. The maximum absolute atomic E-state index is 12.6. The summed E-state index contributed by atoms with van der Waals surface area (Å²) in [5, 5.41) is 5.28. The van der Waals surface area contributed by atoms with E-state index in [2.05, 4.69) is 11.3 Å². The van der Waals surface area contributed by atoms with Gasteiger partial charge < -0.3 is 0 Å².